The molecule has 4 rings (SSSR count). The zero-order chi connectivity index (χ0) is 22.7. The highest BCUT2D eigenvalue weighted by atomic mass is 16.5. The average molecular weight is 438 g/mol. The second-order valence-corrected chi connectivity index (χ2v) is 8.46. The topological polar surface area (TPSA) is 83.8 Å². The van der Waals surface area contributed by atoms with Crippen LogP contribution in [-0.4, -0.2) is 53.4 Å². The van der Waals surface area contributed by atoms with Gasteiger partial charge in [0.15, 0.2) is 0 Å². The first-order valence-corrected chi connectivity index (χ1v) is 11.1. The monoisotopic (exact) mass is 437 g/mol. The number of hydrogen-bond acceptors (Lipinski definition) is 5. The molecule has 1 fully saturated rings. The summed E-state index contributed by atoms with van der Waals surface area (Å²) in [5, 5.41) is 13.3. The van der Waals surface area contributed by atoms with Gasteiger partial charge in [-0.1, -0.05) is 42.5 Å². The number of aliphatic hydroxyl groups is 1. The third-order valence-corrected chi connectivity index (χ3v) is 6.66. The molecular weight excluding hydrogens is 406 g/mol. The van der Waals surface area contributed by atoms with E-state index in [0.717, 1.165) is 11.3 Å². The third kappa shape index (κ3) is 4.03. The molecule has 2 aliphatic heterocycles. The Morgan fingerprint density at radius 2 is 2.03 bits per heavy atom. The maximum absolute atomic E-state index is 13.3. The summed E-state index contributed by atoms with van der Waals surface area (Å²) in [6, 6.07) is 13.5. The first-order valence-electron chi connectivity index (χ1n) is 11.1. The molecule has 2 aromatic rings. The lowest BCUT2D eigenvalue weighted by Crippen LogP contribution is -2.46. The van der Waals surface area contributed by atoms with E-state index < -0.39 is 5.92 Å². The molecule has 3 heterocycles. The van der Waals surface area contributed by atoms with E-state index in [2.05, 4.69) is 22.3 Å². The van der Waals surface area contributed by atoms with Crippen molar-refractivity contribution in [2.45, 2.75) is 32.1 Å². The summed E-state index contributed by atoms with van der Waals surface area (Å²) in [4.78, 5) is 28.8. The molecule has 7 heteroatoms. The Labute approximate surface area is 188 Å². The van der Waals surface area contributed by atoms with Crippen LogP contribution in [0.4, 0.5) is 0 Å². The van der Waals surface area contributed by atoms with Gasteiger partial charge >= 0.3 is 0 Å². The van der Waals surface area contributed by atoms with Gasteiger partial charge in [-0.2, -0.15) is 0 Å². The smallest absolute Gasteiger partial charge is 0.258 e. The van der Waals surface area contributed by atoms with Crippen LogP contribution < -0.4 is 10.9 Å². The summed E-state index contributed by atoms with van der Waals surface area (Å²) >= 11 is 0. The molecular formula is C25H31N3O4. The largest absolute Gasteiger partial charge is 0.396 e. The Morgan fingerprint density at radius 1 is 1.25 bits per heavy atom. The summed E-state index contributed by atoms with van der Waals surface area (Å²) in [6.07, 6.45) is 3.66. The van der Waals surface area contributed by atoms with Crippen molar-refractivity contribution in [3.8, 4) is 0 Å². The first-order chi connectivity index (χ1) is 15.6. The van der Waals surface area contributed by atoms with Gasteiger partial charge < -0.3 is 19.7 Å². The number of benzene rings is 1. The fourth-order valence-electron chi connectivity index (χ4n) is 5.25. The average Bonchev–Trinajstić information content (AvgIpc) is 3.01. The molecule has 0 saturated carbocycles. The van der Waals surface area contributed by atoms with Gasteiger partial charge in [-0.25, -0.2) is 0 Å². The zero-order valence-corrected chi connectivity index (χ0v) is 18.6. The van der Waals surface area contributed by atoms with E-state index in [-0.39, 0.29) is 36.1 Å². The quantitative estimate of drug-likeness (QED) is 0.616. The van der Waals surface area contributed by atoms with Gasteiger partial charge in [0.25, 0.3) is 5.56 Å². The molecule has 2 aliphatic rings. The molecule has 170 valence electrons. The SMILES string of the molecule is C/C=C\c1ccc2n(c1=O)C[C@H]1[C@H](CO)[C@@H](C(=O)NCCOC)[C@@H]2N1Cc1ccccc1. The lowest BCUT2D eigenvalue weighted by atomic mass is 9.86. The number of pyridine rings is 1. The Morgan fingerprint density at radius 3 is 2.72 bits per heavy atom. The van der Waals surface area contributed by atoms with Crippen molar-refractivity contribution in [1.29, 1.82) is 0 Å². The maximum Gasteiger partial charge on any atom is 0.258 e. The fourth-order valence-corrected chi connectivity index (χ4v) is 5.25. The summed E-state index contributed by atoms with van der Waals surface area (Å²) in [5.41, 5.74) is 2.56. The number of hydrogen-bond donors (Lipinski definition) is 2. The van der Waals surface area contributed by atoms with Crippen LogP contribution in [0, 0.1) is 11.8 Å². The molecule has 0 aliphatic carbocycles. The van der Waals surface area contributed by atoms with Crippen molar-refractivity contribution in [3.05, 3.63) is 75.7 Å². The van der Waals surface area contributed by atoms with Crippen LogP contribution in [0.3, 0.4) is 0 Å². The van der Waals surface area contributed by atoms with Crippen molar-refractivity contribution < 1.29 is 14.6 Å². The van der Waals surface area contributed by atoms with E-state index in [9.17, 15) is 14.7 Å². The molecule has 0 spiro atoms. The van der Waals surface area contributed by atoms with E-state index in [1.54, 1.807) is 11.7 Å². The van der Waals surface area contributed by atoms with Gasteiger partial charge in [0.05, 0.1) is 18.6 Å². The highest BCUT2D eigenvalue weighted by Crippen LogP contribution is 2.48. The van der Waals surface area contributed by atoms with E-state index >= 15 is 0 Å². The number of allylic oxidation sites excluding steroid dienone is 1. The number of carbonyl (C=O) groups is 1. The molecule has 1 saturated heterocycles. The molecule has 0 radical (unpaired) electrons. The molecule has 32 heavy (non-hydrogen) atoms. The van der Waals surface area contributed by atoms with Crippen LogP contribution in [0.5, 0.6) is 0 Å². The number of carbonyl (C=O) groups excluding carboxylic acids is 1. The Bertz CT molecular complexity index is 1030. The number of nitrogens with zero attached hydrogens (tertiary/aromatic N) is 2. The Balaban J connectivity index is 1.77. The van der Waals surface area contributed by atoms with Gasteiger partial charge in [-0.05, 0) is 24.6 Å². The van der Waals surface area contributed by atoms with Crippen molar-refractivity contribution in [3.63, 3.8) is 0 Å². The second kappa shape index (κ2) is 9.81. The highest BCUT2D eigenvalue weighted by molar-refractivity contribution is 5.80. The zero-order valence-electron chi connectivity index (χ0n) is 18.6. The number of amides is 1. The van der Waals surface area contributed by atoms with E-state index in [1.807, 2.05) is 49.4 Å². The van der Waals surface area contributed by atoms with Crippen molar-refractivity contribution in [2.75, 3.05) is 26.9 Å². The van der Waals surface area contributed by atoms with Gasteiger partial charge in [0, 0.05) is 56.6 Å². The standard InChI is InChI=1S/C25H31N3O4/c1-3-7-18-10-11-20-23-22(24(30)26-12-13-32-2)19(16-29)21(15-28(20)25(18)31)27(23)14-17-8-5-4-6-9-17/h3-11,19,21-23,29H,12-16H2,1-2H3,(H,26,30)/b7-3-/t19-,21-,22+,23+/m0/s1. The van der Waals surface area contributed by atoms with Gasteiger partial charge in [0.2, 0.25) is 5.91 Å². The molecule has 7 nitrogen and oxygen atoms in total. The summed E-state index contributed by atoms with van der Waals surface area (Å²) in [5.74, 6) is -0.827. The predicted molar refractivity (Wildman–Crippen MR) is 123 cm³/mol. The Hall–Kier alpha value is -2.74. The highest BCUT2D eigenvalue weighted by Gasteiger charge is 2.55. The van der Waals surface area contributed by atoms with Crippen molar-refractivity contribution in [1.82, 2.24) is 14.8 Å². The Kier molecular flexibility index (Phi) is 6.89. The number of rotatable bonds is 8. The normalized spacial score (nSPS) is 24.6. The van der Waals surface area contributed by atoms with Crippen LogP contribution in [0.1, 0.15) is 29.8 Å². The second-order valence-electron chi connectivity index (χ2n) is 8.46. The minimum Gasteiger partial charge on any atom is -0.396 e. The minimum absolute atomic E-state index is 0.0490. The van der Waals surface area contributed by atoms with Crippen molar-refractivity contribution in [2.24, 2.45) is 11.8 Å². The minimum atomic E-state index is -0.453. The van der Waals surface area contributed by atoms with Gasteiger partial charge in [-0.3, -0.25) is 14.5 Å². The lowest BCUT2D eigenvalue weighted by molar-refractivity contribution is -0.127. The molecule has 1 aromatic heterocycles. The number of aliphatic hydroxyl groups excluding tert-OH is 1. The molecule has 0 unspecified atom stereocenters. The van der Waals surface area contributed by atoms with Gasteiger partial charge in [-0.15, -0.1) is 0 Å². The van der Waals surface area contributed by atoms with E-state index in [4.69, 9.17) is 4.74 Å². The molecule has 2 N–H and O–H groups in total. The molecule has 1 aromatic carbocycles. The van der Waals surface area contributed by atoms with Crippen LogP contribution >= 0.6 is 0 Å². The maximum atomic E-state index is 13.3. The number of ether oxygens (including phenoxy) is 1. The molecule has 2 bridgehead atoms. The van der Waals surface area contributed by atoms with E-state index in [0.29, 0.717) is 31.8 Å². The number of methoxy groups -OCH3 is 1. The van der Waals surface area contributed by atoms with Crippen LogP contribution in [0.2, 0.25) is 0 Å². The van der Waals surface area contributed by atoms with Gasteiger partial charge in [0.1, 0.15) is 0 Å². The fraction of sp³-hybridized carbons (Fsp3) is 0.440. The third-order valence-electron chi connectivity index (χ3n) is 6.66. The summed E-state index contributed by atoms with van der Waals surface area (Å²) < 4.78 is 6.88. The summed E-state index contributed by atoms with van der Waals surface area (Å²) in [7, 11) is 1.60. The van der Waals surface area contributed by atoms with Crippen LogP contribution in [0.15, 0.2) is 53.3 Å². The van der Waals surface area contributed by atoms with Crippen LogP contribution in [-0.2, 0) is 22.6 Å². The summed E-state index contributed by atoms with van der Waals surface area (Å²) in [6.45, 7) is 3.71. The first kappa shape index (κ1) is 22.5. The molecule has 4 atom stereocenters. The van der Waals surface area contributed by atoms with Crippen molar-refractivity contribution >= 4 is 12.0 Å². The van der Waals surface area contributed by atoms with E-state index in [1.165, 1.54) is 0 Å². The molecule has 1 amide bonds. The number of nitrogens with one attached hydrogen (secondary N) is 1. The predicted octanol–water partition coefficient (Wildman–Crippen LogP) is 1.81. The number of aromatic nitrogens is 1. The number of fused-ring (bicyclic) bond motifs is 4. The lowest BCUT2D eigenvalue weighted by Gasteiger charge is -2.38. The van der Waals surface area contributed by atoms with Crippen LogP contribution in [0.25, 0.3) is 6.08 Å².